The number of nitrogens with two attached hydrogens (primary N) is 1. The molecule has 0 aliphatic carbocycles. The lowest BCUT2D eigenvalue weighted by molar-refractivity contribution is 0.102. The van der Waals surface area contributed by atoms with Crippen molar-refractivity contribution in [3.8, 4) is 0 Å². The first kappa shape index (κ1) is 17.0. The summed E-state index contributed by atoms with van der Waals surface area (Å²) in [6.45, 7) is 3.41. The van der Waals surface area contributed by atoms with Gasteiger partial charge in [0.1, 0.15) is 11.5 Å². The first-order valence-electron chi connectivity index (χ1n) is 8.79. The molecule has 1 aromatic carbocycles. The van der Waals surface area contributed by atoms with Crippen LogP contribution in [0.5, 0.6) is 0 Å². The Morgan fingerprint density at radius 2 is 1.96 bits per heavy atom. The van der Waals surface area contributed by atoms with Crippen LogP contribution in [0.2, 0.25) is 0 Å². The summed E-state index contributed by atoms with van der Waals surface area (Å²) in [4.78, 5) is 27.8. The van der Waals surface area contributed by atoms with E-state index in [4.69, 9.17) is 5.73 Å². The Bertz CT molecular complexity index is 989. The van der Waals surface area contributed by atoms with Crippen molar-refractivity contribution in [2.75, 3.05) is 22.5 Å². The van der Waals surface area contributed by atoms with Gasteiger partial charge in [-0.3, -0.25) is 4.79 Å². The Morgan fingerprint density at radius 3 is 2.78 bits per heavy atom. The van der Waals surface area contributed by atoms with Crippen molar-refractivity contribution in [1.29, 1.82) is 0 Å². The number of carbonyl (C=O) groups is 1. The zero-order valence-electron chi connectivity index (χ0n) is 15.0. The molecular formula is C20H20N6O. The maximum atomic E-state index is 12.6. The monoisotopic (exact) mass is 360 g/mol. The van der Waals surface area contributed by atoms with Gasteiger partial charge in [-0.2, -0.15) is 0 Å². The minimum Gasteiger partial charge on any atom is -0.368 e. The molecule has 0 atom stereocenters. The number of amides is 1. The summed E-state index contributed by atoms with van der Waals surface area (Å²) in [6.07, 6.45) is 2.54. The third kappa shape index (κ3) is 3.57. The van der Waals surface area contributed by atoms with Crippen LogP contribution in [0.4, 0.5) is 17.5 Å². The lowest BCUT2D eigenvalue weighted by atomic mass is 10.1. The summed E-state index contributed by atoms with van der Waals surface area (Å²) in [5.74, 6) is 0.880. The second-order valence-corrected chi connectivity index (χ2v) is 6.53. The SMILES string of the molecule is Cc1ccc(C(=O)Nc2ccccc2)nc1N1CCc2nc(N)ncc2C1. The Morgan fingerprint density at radius 1 is 1.15 bits per heavy atom. The number of aromatic nitrogens is 3. The van der Waals surface area contributed by atoms with Crippen LogP contribution >= 0.6 is 0 Å². The van der Waals surface area contributed by atoms with E-state index in [2.05, 4.69) is 25.2 Å². The molecule has 0 unspecified atom stereocenters. The molecule has 136 valence electrons. The molecule has 1 amide bonds. The predicted molar refractivity (Wildman–Crippen MR) is 105 cm³/mol. The summed E-state index contributed by atoms with van der Waals surface area (Å²) < 4.78 is 0. The summed E-state index contributed by atoms with van der Waals surface area (Å²) in [6, 6.07) is 13.0. The number of para-hydroxylation sites is 1. The number of anilines is 3. The predicted octanol–water partition coefficient (Wildman–Crippen LogP) is 2.58. The Labute approximate surface area is 157 Å². The van der Waals surface area contributed by atoms with Crippen molar-refractivity contribution < 1.29 is 4.79 Å². The van der Waals surface area contributed by atoms with E-state index in [-0.39, 0.29) is 5.91 Å². The van der Waals surface area contributed by atoms with Crippen molar-refractivity contribution >= 4 is 23.4 Å². The van der Waals surface area contributed by atoms with E-state index in [0.29, 0.717) is 18.2 Å². The van der Waals surface area contributed by atoms with Gasteiger partial charge < -0.3 is 16.0 Å². The van der Waals surface area contributed by atoms with E-state index >= 15 is 0 Å². The zero-order valence-corrected chi connectivity index (χ0v) is 15.0. The summed E-state index contributed by atoms with van der Waals surface area (Å²) in [5, 5.41) is 2.88. The maximum absolute atomic E-state index is 12.6. The van der Waals surface area contributed by atoms with Crippen LogP contribution in [0, 0.1) is 6.92 Å². The molecule has 0 fully saturated rings. The van der Waals surface area contributed by atoms with Gasteiger partial charge in [0.05, 0.1) is 5.69 Å². The molecule has 0 spiro atoms. The molecule has 4 rings (SSSR count). The van der Waals surface area contributed by atoms with Crippen LogP contribution in [-0.4, -0.2) is 27.4 Å². The van der Waals surface area contributed by atoms with Gasteiger partial charge in [0.15, 0.2) is 0 Å². The van der Waals surface area contributed by atoms with Gasteiger partial charge in [-0.1, -0.05) is 24.3 Å². The first-order chi connectivity index (χ1) is 13.1. The molecule has 0 saturated carbocycles. The standard InChI is InChI=1S/C20H20N6O/c1-13-7-8-17(19(27)23-15-5-3-2-4-6-15)24-18(13)26-10-9-16-14(12-26)11-22-20(21)25-16/h2-8,11H,9-10,12H2,1H3,(H,23,27)(H2,21,22,25). The summed E-state index contributed by atoms with van der Waals surface area (Å²) in [7, 11) is 0. The maximum Gasteiger partial charge on any atom is 0.274 e. The van der Waals surface area contributed by atoms with Gasteiger partial charge in [-0.05, 0) is 30.7 Å². The molecule has 7 heteroatoms. The van der Waals surface area contributed by atoms with Crippen LogP contribution in [-0.2, 0) is 13.0 Å². The van der Waals surface area contributed by atoms with Crippen molar-refractivity contribution in [2.45, 2.75) is 19.9 Å². The average molecular weight is 360 g/mol. The van der Waals surface area contributed by atoms with Crippen molar-refractivity contribution in [3.63, 3.8) is 0 Å². The molecule has 3 heterocycles. The summed E-state index contributed by atoms with van der Waals surface area (Å²) in [5.41, 5.74) is 9.85. The highest BCUT2D eigenvalue weighted by atomic mass is 16.1. The van der Waals surface area contributed by atoms with Crippen molar-refractivity contribution in [1.82, 2.24) is 15.0 Å². The molecule has 1 aliphatic rings. The van der Waals surface area contributed by atoms with Crippen molar-refractivity contribution in [2.24, 2.45) is 0 Å². The molecule has 1 aliphatic heterocycles. The molecule has 0 bridgehead atoms. The molecule has 0 saturated heterocycles. The van der Waals surface area contributed by atoms with E-state index < -0.39 is 0 Å². The number of hydrogen-bond acceptors (Lipinski definition) is 6. The van der Waals surface area contributed by atoms with Crippen LogP contribution in [0.25, 0.3) is 0 Å². The highest BCUT2D eigenvalue weighted by molar-refractivity contribution is 6.03. The number of rotatable bonds is 3. The van der Waals surface area contributed by atoms with Crippen LogP contribution in [0.15, 0.2) is 48.7 Å². The normalized spacial score (nSPS) is 13.1. The zero-order chi connectivity index (χ0) is 18.8. The van der Waals surface area contributed by atoms with E-state index in [1.165, 1.54) is 0 Å². The smallest absolute Gasteiger partial charge is 0.274 e. The van der Waals surface area contributed by atoms with Gasteiger partial charge in [0, 0.05) is 37.0 Å². The minimum atomic E-state index is -0.226. The molecule has 3 N–H and O–H groups in total. The fourth-order valence-electron chi connectivity index (χ4n) is 3.19. The number of carbonyl (C=O) groups excluding carboxylic acids is 1. The van der Waals surface area contributed by atoms with E-state index in [1.807, 2.05) is 43.3 Å². The molecule has 27 heavy (non-hydrogen) atoms. The van der Waals surface area contributed by atoms with E-state index in [9.17, 15) is 4.79 Å². The van der Waals surface area contributed by atoms with Gasteiger partial charge in [-0.15, -0.1) is 0 Å². The fourth-order valence-corrected chi connectivity index (χ4v) is 3.19. The van der Waals surface area contributed by atoms with Gasteiger partial charge >= 0.3 is 0 Å². The lowest BCUT2D eigenvalue weighted by Gasteiger charge is -2.30. The number of aryl methyl sites for hydroxylation is 1. The first-order valence-corrected chi connectivity index (χ1v) is 8.79. The second-order valence-electron chi connectivity index (χ2n) is 6.53. The topological polar surface area (TPSA) is 97.0 Å². The number of nitrogen functional groups attached to an aromatic ring is 1. The van der Waals surface area contributed by atoms with Crippen LogP contribution < -0.4 is 16.0 Å². The molecule has 7 nitrogen and oxygen atoms in total. The Hall–Kier alpha value is -3.48. The van der Waals surface area contributed by atoms with Crippen LogP contribution in [0.3, 0.4) is 0 Å². The Balaban J connectivity index is 1.58. The van der Waals surface area contributed by atoms with Gasteiger partial charge in [-0.25, -0.2) is 15.0 Å². The third-order valence-electron chi connectivity index (χ3n) is 4.59. The highest BCUT2D eigenvalue weighted by Crippen LogP contribution is 2.25. The number of fused-ring (bicyclic) bond motifs is 1. The summed E-state index contributed by atoms with van der Waals surface area (Å²) >= 11 is 0. The quantitative estimate of drug-likeness (QED) is 0.745. The molecule has 3 aromatic rings. The molecule has 0 radical (unpaired) electrons. The highest BCUT2D eigenvalue weighted by Gasteiger charge is 2.21. The van der Waals surface area contributed by atoms with Gasteiger partial charge in [0.25, 0.3) is 5.91 Å². The Kier molecular flexibility index (Phi) is 4.42. The number of hydrogen-bond donors (Lipinski definition) is 2. The number of pyridine rings is 1. The second kappa shape index (κ2) is 7.03. The fraction of sp³-hybridized carbons (Fsp3) is 0.200. The van der Waals surface area contributed by atoms with Crippen molar-refractivity contribution in [3.05, 3.63) is 71.2 Å². The van der Waals surface area contributed by atoms with E-state index in [1.54, 1.807) is 12.3 Å². The number of nitrogens with zero attached hydrogens (tertiary/aromatic N) is 4. The van der Waals surface area contributed by atoms with E-state index in [0.717, 1.165) is 41.3 Å². The lowest BCUT2D eigenvalue weighted by Crippen LogP contribution is -2.33. The molecular weight excluding hydrogens is 340 g/mol. The minimum absolute atomic E-state index is 0.226. The number of nitrogens with one attached hydrogen (secondary N) is 1. The third-order valence-corrected chi connectivity index (χ3v) is 4.59. The average Bonchev–Trinajstić information content (AvgIpc) is 2.68. The van der Waals surface area contributed by atoms with Crippen LogP contribution in [0.1, 0.15) is 27.3 Å². The van der Waals surface area contributed by atoms with Gasteiger partial charge in [0.2, 0.25) is 5.95 Å². The molecule has 2 aromatic heterocycles. The largest absolute Gasteiger partial charge is 0.368 e. The number of benzene rings is 1.